The number of benzene rings is 1. The van der Waals surface area contributed by atoms with Gasteiger partial charge in [0, 0.05) is 18.7 Å². The summed E-state index contributed by atoms with van der Waals surface area (Å²) < 4.78 is 0. The summed E-state index contributed by atoms with van der Waals surface area (Å²) in [7, 11) is 0. The predicted molar refractivity (Wildman–Crippen MR) is 66.7 cm³/mol. The lowest BCUT2D eigenvalue weighted by Crippen LogP contribution is -2.43. The van der Waals surface area contributed by atoms with Crippen LogP contribution in [0.4, 0.5) is 5.69 Å². The van der Waals surface area contributed by atoms with Gasteiger partial charge in [0.15, 0.2) is 5.78 Å². The molecule has 1 aliphatic rings. The second-order valence-corrected chi connectivity index (χ2v) is 4.35. The summed E-state index contributed by atoms with van der Waals surface area (Å²) in [5, 5.41) is 0. The fourth-order valence-electron chi connectivity index (χ4n) is 2.50. The second-order valence-electron chi connectivity index (χ2n) is 4.35. The van der Waals surface area contributed by atoms with Crippen molar-refractivity contribution in [2.75, 3.05) is 11.4 Å². The number of carbonyl (C=O) groups is 1. The maximum absolute atomic E-state index is 11.9. The molecule has 1 aromatic rings. The van der Waals surface area contributed by atoms with Crippen LogP contribution in [0.3, 0.4) is 0 Å². The van der Waals surface area contributed by atoms with Crippen molar-refractivity contribution in [2.24, 2.45) is 0 Å². The Balaban J connectivity index is 2.18. The van der Waals surface area contributed by atoms with Gasteiger partial charge < -0.3 is 4.90 Å². The zero-order valence-corrected chi connectivity index (χ0v) is 9.86. The number of ketones is 1. The summed E-state index contributed by atoms with van der Waals surface area (Å²) in [6, 6.07) is 10.4. The molecule has 0 unspecified atom stereocenters. The third-order valence-electron chi connectivity index (χ3n) is 3.33. The van der Waals surface area contributed by atoms with Crippen LogP contribution in [-0.4, -0.2) is 18.4 Å². The number of anilines is 1. The van der Waals surface area contributed by atoms with Crippen LogP contribution in [-0.2, 0) is 4.79 Å². The van der Waals surface area contributed by atoms with Crippen molar-refractivity contribution in [3.05, 3.63) is 30.3 Å². The normalized spacial score (nSPS) is 20.8. The van der Waals surface area contributed by atoms with Crippen LogP contribution >= 0.6 is 0 Å². The summed E-state index contributed by atoms with van der Waals surface area (Å²) in [6.45, 7) is 3.02. The van der Waals surface area contributed by atoms with Gasteiger partial charge in [-0.3, -0.25) is 4.79 Å². The topological polar surface area (TPSA) is 20.3 Å². The predicted octanol–water partition coefficient (Wildman–Crippen LogP) is 3.02. The SMILES string of the molecule is CCN(c1ccccc1)[C@H]1CCCCC1=O. The summed E-state index contributed by atoms with van der Waals surface area (Å²) >= 11 is 0. The number of likely N-dealkylation sites (N-methyl/N-ethyl adjacent to an activating group) is 1. The Labute approximate surface area is 97.3 Å². The molecule has 0 bridgehead atoms. The minimum Gasteiger partial charge on any atom is -0.362 e. The first-order chi connectivity index (χ1) is 7.83. The average molecular weight is 217 g/mol. The fraction of sp³-hybridized carbons (Fsp3) is 0.500. The quantitative estimate of drug-likeness (QED) is 0.775. The number of carbonyl (C=O) groups excluding carboxylic acids is 1. The minimum absolute atomic E-state index is 0.112. The molecule has 0 saturated heterocycles. The Kier molecular flexibility index (Phi) is 3.60. The molecule has 2 rings (SSSR count). The highest BCUT2D eigenvalue weighted by atomic mass is 16.1. The molecule has 0 aromatic heterocycles. The van der Waals surface area contributed by atoms with E-state index in [9.17, 15) is 4.79 Å². The molecular weight excluding hydrogens is 198 g/mol. The summed E-state index contributed by atoms with van der Waals surface area (Å²) in [5.74, 6) is 0.414. The maximum Gasteiger partial charge on any atom is 0.155 e. The van der Waals surface area contributed by atoms with Crippen LogP contribution in [0.1, 0.15) is 32.6 Å². The van der Waals surface area contributed by atoms with Crippen LogP contribution in [0.2, 0.25) is 0 Å². The lowest BCUT2D eigenvalue weighted by molar-refractivity contribution is -0.121. The van der Waals surface area contributed by atoms with E-state index in [4.69, 9.17) is 0 Å². The van der Waals surface area contributed by atoms with Gasteiger partial charge in [0.2, 0.25) is 0 Å². The number of para-hydroxylation sites is 1. The molecule has 1 saturated carbocycles. The van der Waals surface area contributed by atoms with Crippen LogP contribution < -0.4 is 4.90 Å². The number of hydrogen-bond acceptors (Lipinski definition) is 2. The van der Waals surface area contributed by atoms with Crippen molar-refractivity contribution in [3.63, 3.8) is 0 Å². The third kappa shape index (κ3) is 2.26. The van der Waals surface area contributed by atoms with E-state index in [-0.39, 0.29) is 6.04 Å². The molecule has 0 heterocycles. The van der Waals surface area contributed by atoms with Gasteiger partial charge >= 0.3 is 0 Å². The molecule has 0 spiro atoms. The first kappa shape index (κ1) is 11.2. The summed E-state index contributed by atoms with van der Waals surface area (Å²) in [4.78, 5) is 14.2. The summed E-state index contributed by atoms with van der Waals surface area (Å²) in [5.41, 5.74) is 1.17. The number of Topliss-reactive ketones (excluding diaryl/α,β-unsaturated/α-hetero) is 1. The van der Waals surface area contributed by atoms with Crippen molar-refractivity contribution in [1.29, 1.82) is 0 Å². The molecule has 86 valence electrons. The molecule has 1 aliphatic carbocycles. The molecule has 2 nitrogen and oxygen atoms in total. The Morgan fingerprint density at radius 3 is 2.62 bits per heavy atom. The highest BCUT2D eigenvalue weighted by molar-refractivity contribution is 5.87. The van der Waals surface area contributed by atoms with E-state index < -0.39 is 0 Å². The van der Waals surface area contributed by atoms with Crippen molar-refractivity contribution < 1.29 is 4.79 Å². The molecule has 0 N–H and O–H groups in total. The van der Waals surface area contributed by atoms with Crippen LogP contribution in [0.15, 0.2) is 30.3 Å². The van der Waals surface area contributed by atoms with Gasteiger partial charge in [-0.1, -0.05) is 24.6 Å². The monoisotopic (exact) mass is 217 g/mol. The average Bonchev–Trinajstić information content (AvgIpc) is 2.34. The van der Waals surface area contributed by atoms with E-state index in [0.29, 0.717) is 5.78 Å². The smallest absolute Gasteiger partial charge is 0.155 e. The number of hydrogen-bond donors (Lipinski definition) is 0. The first-order valence-corrected chi connectivity index (χ1v) is 6.17. The molecule has 16 heavy (non-hydrogen) atoms. The Morgan fingerprint density at radius 1 is 1.25 bits per heavy atom. The largest absolute Gasteiger partial charge is 0.362 e. The Bertz CT molecular complexity index is 347. The van der Waals surface area contributed by atoms with Crippen LogP contribution in [0.25, 0.3) is 0 Å². The Hall–Kier alpha value is -1.31. The molecule has 2 heteroatoms. The van der Waals surface area contributed by atoms with Gasteiger partial charge in [0.05, 0.1) is 6.04 Å². The van der Waals surface area contributed by atoms with Gasteiger partial charge in [-0.15, -0.1) is 0 Å². The van der Waals surface area contributed by atoms with E-state index in [1.807, 2.05) is 18.2 Å². The lowest BCUT2D eigenvalue weighted by atomic mass is 9.92. The van der Waals surface area contributed by atoms with Gasteiger partial charge in [-0.25, -0.2) is 0 Å². The first-order valence-electron chi connectivity index (χ1n) is 6.17. The fourth-order valence-corrected chi connectivity index (χ4v) is 2.50. The maximum atomic E-state index is 11.9. The van der Waals surface area contributed by atoms with Gasteiger partial charge in [0.1, 0.15) is 0 Å². The van der Waals surface area contributed by atoms with Gasteiger partial charge in [-0.05, 0) is 31.9 Å². The molecule has 1 aromatic carbocycles. The van der Waals surface area contributed by atoms with Crippen molar-refractivity contribution in [1.82, 2.24) is 0 Å². The van der Waals surface area contributed by atoms with E-state index in [0.717, 1.165) is 25.8 Å². The number of nitrogens with zero attached hydrogens (tertiary/aromatic N) is 1. The van der Waals surface area contributed by atoms with Crippen LogP contribution in [0, 0.1) is 0 Å². The highest BCUT2D eigenvalue weighted by Gasteiger charge is 2.27. The molecular formula is C14H19NO. The van der Waals surface area contributed by atoms with Gasteiger partial charge in [-0.2, -0.15) is 0 Å². The van der Waals surface area contributed by atoms with Crippen LogP contribution in [0.5, 0.6) is 0 Å². The van der Waals surface area contributed by atoms with E-state index >= 15 is 0 Å². The van der Waals surface area contributed by atoms with Crippen molar-refractivity contribution in [3.8, 4) is 0 Å². The molecule has 0 radical (unpaired) electrons. The molecule has 1 atom stereocenters. The third-order valence-corrected chi connectivity index (χ3v) is 3.33. The molecule has 0 aliphatic heterocycles. The Morgan fingerprint density at radius 2 is 2.00 bits per heavy atom. The molecule has 0 amide bonds. The second kappa shape index (κ2) is 5.15. The minimum atomic E-state index is 0.112. The van der Waals surface area contributed by atoms with Crippen molar-refractivity contribution in [2.45, 2.75) is 38.6 Å². The summed E-state index contributed by atoms with van der Waals surface area (Å²) in [6.07, 6.45) is 4.02. The standard InChI is InChI=1S/C14H19NO/c1-2-15(12-8-4-3-5-9-12)13-10-6-7-11-14(13)16/h3-5,8-9,13H,2,6-7,10-11H2,1H3/t13-/m0/s1. The van der Waals surface area contributed by atoms with Crippen molar-refractivity contribution >= 4 is 11.5 Å². The number of rotatable bonds is 3. The zero-order chi connectivity index (χ0) is 11.4. The van der Waals surface area contributed by atoms with Gasteiger partial charge in [0.25, 0.3) is 0 Å². The lowest BCUT2D eigenvalue weighted by Gasteiger charge is -2.34. The van der Waals surface area contributed by atoms with E-state index in [1.54, 1.807) is 0 Å². The highest BCUT2D eigenvalue weighted by Crippen LogP contribution is 2.24. The van der Waals surface area contributed by atoms with E-state index in [2.05, 4.69) is 24.0 Å². The van der Waals surface area contributed by atoms with E-state index in [1.165, 1.54) is 12.1 Å². The zero-order valence-electron chi connectivity index (χ0n) is 9.86. The molecule has 1 fully saturated rings.